The van der Waals surface area contributed by atoms with Gasteiger partial charge in [-0.05, 0) is 43.9 Å². The van der Waals surface area contributed by atoms with Crippen molar-refractivity contribution in [2.75, 3.05) is 0 Å². The van der Waals surface area contributed by atoms with Crippen molar-refractivity contribution in [1.82, 2.24) is 9.13 Å². The van der Waals surface area contributed by atoms with Crippen LogP contribution < -0.4 is 11.2 Å². The molecule has 2 aliphatic rings. The first-order valence-electron chi connectivity index (χ1n) is 11.0. The number of aromatic hydroxyl groups is 1. The number of aliphatic imine (C=N–C) groups is 1. The third-order valence-corrected chi connectivity index (χ3v) is 6.36. The number of benzene rings is 1. The third-order valence-electron chi connectivity index (χ3n) is 6.36. The van der Waals surface area contributed by atoms with Gasteiger partial charge >= 0.3 is 5.69 Å². The molecule has 0 bridgehead atoms. The van der Waals surface area contributed by atoms with Crippen LogP contribution in [-0.2, 0) is 0 Å². The molecule has 0 atom stereocenters. The van der Waals surface area contributed by atoms with Crippen molar-refractivity contribution < 1.29 is 9.50 Å². The summed E-state index contributed by atoms with van der Waals surface area (Å²) in [7, 11) is 0. The van der Waals surface area contributed by atoms with Crippen molar-refractivity contribution in [1.29, 1.82) is 0 Å². The van der Waals surface area contributed by atoms with Crippen LogP contribution in [0.4, 0.5) is 10.1 Å². The molecule has 1 N–H and O–H groups in total. The predicted octanol–water partition coefficient (Wildman–Crippen LogP) is 4.62. The Morgan fingerprint density at radius 3 is 2.13 bits per heavy atom. The predicted molar refractivity (Wildman–Crippen MR) is 115 cm³/mol. The van der Waals surface area contributed by atoms with Gasteiger partial charge in [0.1, 0.15) is 11.4 Å². The van der Waals surface area contributed by atoms with Gasteiger partial charge in [-0.1, -0.05) is 44.6 Å². The summed E-state index contributed by atoms with van der Waals surface area (Å²) in [5.41, 5.74) is -0.598. The monoisotopic (exact) mass is 413 g/mol. The summed E-state index contributed by atoms with van der Waals surface area (Å²) in [4.78, 5) is 30.8. The molecule has 0 aliphatic heterocycles. The summed E-state index contributed by atoms with van der Waals surface area (Å²) in [6.45, 7) is 0. The molecule has 160 valence electrons. The minimum absolute atomic E-state index is 0.00462. The average Bonchev–Trinajstić information content (AvgIpc) is 2.75. The molecule has 0 spiro atoms. The van der Waals surface area contributed by atoms with E-state index in [2.05, 4.69) is 4.99 Å². The largest absolute Gasteiger partial charge is 0.494 e. The summed E-state index contributed by atoms with van der Waals surface area (Å²) < 4.78 is 16.2. The van der Waals surface area contributed by atoms with Gasteiger partial charge in [0.05, 0.1) is 5.69 Å². The zero-order valence-corrected chi connectivity index (χ0v) is 17.1. The van der Waals surface area contributed by atoms with Crippen LogP contribution in [0.3, 0.4) is 0 Å². The lowest BCUT2D eigenvalue weighted by atomic mass is 9.94. The summed E-state index contributed by atoms with van der Waals surface area (Å²) >= 11 is 0. The number of hydrogen-bond acceptors (Lipinski definition) is 4. The van der Waals surface area contributed by atoms with Crippen LogP contribution in [0.25, 0.3) is 0 Å². The van der Waals surface area contributed by atoms with Crippen LogP contribution in [0.15, 0.2) is 38.8 Å². The number of aromatic nitrogens is 2. The minimum Gasteiger partial charge on any atom is -0.494 e. The normalized spacial score (nSPS) is 18.8. The molecule has 6 nitrogen and oxygen atoms in total. The lowest BCUT2D eigenvalue weighted by molar-refractivity contribution is 0.271. The van der Waals surface area contributed by atoms with Gasteiger partial charge < -0.3 is 5.11 Å². The van der Waals surface area contributed by atoms with Gasteiger partial charge in [0.25, 0.3) is 5.56 Å². The van der Waals surface area contributed by atoms with Crippen LogP contribution >= 0.6 is 0 Å². The fraction of sp³-hybridized carbons (Fsp3) is 0.522. The van der Waals surface area contributed by atoms with Gasteiger partial charge in [0.15, 0.2) is 0 Å². The van der Waals surface area contributed by atoms with Crippen LogP contribution in [0.1, 0.15) is 81.9 Å². The van der Waals surface area contributed by atoms with Crippen molar-refractivity contribution >= 4 is 11.9 Å². The Bertz CT molecular complexity index is 1040. The van der Waals surface area contributed by atoms with Crippen LogP contribution in [0, 0.1) is 5.82 Å². The van der Waals surface area contributed by atoms with E-state index in [-0.39, 0.29) is 23.5 Å². The molecule has 0 saturated heterocycles. The number of halogens is 1. The molecule has 30 heavy (non-hydrogen) atoms. The van der Waals surface area contributed by atoms with Crippen molar-refractivity contribution in [2.24, 2.45) is 4.99 Å². The summed E-state index contributed by atoms with van der Waals surface area (Å²) in [5, 5.41) is 10.9. The lowest BCUT2D eigenvalue weighted by Crippen LogP contribution is -2.45. The van der Waals surface area contributed by atoms with E-state index in [1.807, 2.05) is 0 Å². The smallest absolute Gasteiger partial charge is 0.334 e. The Kier molecular flexibility index (Phi) is 6.16. The second-order valence-corrected chi connectivity index (χ2v) is 8.39. The molecule has 2 aromatic rings. The summed E-state index contributed by atoms with van der Waals surface area (Å²) in [6.07, 6.45) is 10.6. The molecule has 2 fully saturated rings. The van der Waals surface area contributed by atoms with Gasteiger partial charge in [-0.25, -0.2) is 9.18 Å². The Hall–Kier alpha value is -2.70. The molecular weight excluding hydrogens is 385 g/mol. The van der Waals surface area contributed by atoms with Gasteiger partial charge in [0.2, 0.25) is 5.88 Å². The second-order valence-electron chi connectivity index (χ2n) is 8.39. The molecule has 0 amide bonds. The first kappa shape index (κ1) is 20.6. The van der Waals surface area contributed by atoms with Crippen LogP contribution in [-0.4, -0.2) is 20.5 Å². The van der Waals surface area contributed by atoms with Crippen LogP contribution in [0.2, 0.25) is 0 Å². The SMILES string of the molecule is O=c1c(C=Nc2cccc(F)c2)c(O)n(C2CCCCC2)c(=O)n1C1CCCCC1. The Labute approximate surface area is 174 Å². The summed E-state index contributed by atoms with van der Waals surface area (Å²) in [5.74, 6) is -0.759. The van der Waals surface area contributed by atoms with Crippen molar-refractivity contribution in [2.45, 2.75) is 76.3 Å². The fourth-order valence-electron chi connectivity index (χ4n) is 4.79. The van der Waals surface area contributed by atoms with Crippen molar-refractivity contribution in [3.63, 3.8) is 0 Å². The molecule has 0 radical (unpaired) electrons. The molecule has 4 rings (SSSR count). The highest BCUT2D eigenvalue weighted by Gasteiger charge is 2.28. The molecule has 1 heterocycles. The van der Waals surface area contributed by atoms with E-state index in [4.69, 9.17) is 0 Å². The Morgan fingerprint density at radius 2 is 1.53 bits per heavy atom. The summed E-state index contributed by atoms with van der Waals surface area (Å²) in [6, 6.07) is 5.44. The van der Waals surface area contributed by atoms with Gasteiger partial charge in [-0.15, -0.1) is 0 Å². The van der Waals surface area contributed by atoms with E-state index in [1.54, 1.807) is 6.07 Å². The molecule has 0 unspecified atom stereocenters. The second kappa shape index (κ2) is 8.98. The topological polar surface area (TPSA) is 76.6 Å². The zero-order chi connectivity index (χ0) is 21.1. The van der Waals surface area contributed by atoms with Crippen molar-refractivity contribution in [3.05, 3.63) is 56.5 Å². The van der Waals surface area contributed by atoms with E-state index in [1.165, 1.54) is 33.5 Å². The van der Waals surface area contributed by atoms with E-state index in [0.29, 0.717) is 5.69 Å². The zero-order valence-electron chi connectivity index (χ0n) is 17.1. The van der Waals surface area contributed by atoms with E-state index in [9.17, 15) is 19.1 Å². The first-order chi connectivity index (χ1) is 14.6. The van der Waals surface area contributed by atoms with Gasteiger partial charge in [-0.2, -0.15) is 0 Å². The first-order valence-corrected chi connectivity index (χ1v) is 11.0. The Balaban J connectivity index is 1.85. The maximum atomic E-state index is 13.5. The molecular formula is C23H28FN3O3. The highest BCUT2D eigenvalue weighted by atomic mass is 19.1. The molecule has 2 saturated carbocycles. The number of hydrogen-bond donors (Lipinski definition) is 1. The standard InChI is InChI=1S/C23H28FN3O3/c24-16-8-7-9-17(14-16)25-15-20-21(28)26(18-10-3-1-4-11-18)23(30)27(22(20)29)19-12-5-2-6-13-19/h7-9,14-15,18-19,28H,1-6,10-13H2. The van der Waals surface area contributed by atoms with Gasteiger partial charge in [0, 0.05) is 18.3 Å². The lowest BCUT2D eigenvalue weighted by Gasteiger charge is -2.29. The molecule has 1 aromatic carbocycles. The Morgan fingerprint density at radius 1 is 0.933 bits per heavy atom. The van der Waals surface area contributed by atoms with Gasteiger partial charge in [-0.3, -0.25) is 18.9 Å². The number of nitrogens with zero attached hydrogens (tertiary/aromatic N) is 3. The quantitative estimate of drug-likeness (QED) is 0.744. The molecule has 7 heteroatoms. The highest BCUT2D eigenvalue weighted by Crippen LogP contribution is 2.31. The average molecular weight is 413 g/mol. The van der Waals surface area contributed by atoms with Crippen molar-refractivity contribution in [3.8, 4) is 5.88 Å². The number of rotatable bonds is 4. The van der Waals surface area contributed by atoms with Crippen LogP contribution in [0.5, 0.6) is 5.88 Å². The maximum absolute atomic E-state index is 13.5. The molecule has 2 aliphatic carbocycles. The van der Waals surface area contributed by atoms with E-state index in [0.717, 1.165) is 64.2 Å². The van der Waals surface area contributed by atoms with E-state index >= 15 is 0 Å². The third kappa shape index (κ3) is 4.11. The fourth-order valence-corrected chi connectivity index (χ4v) is 4.79. The maximum Gasteiger partial charge on any atom is 0.334 e. The highest BCUT2D eigenvalue weighted by molar-refractivity contribution is 5.84. The minimum atomic E-state index is -0.517. The molecule has 1 aromatic heterocycles. The van der Waals surface area contributed by atoms with E-state index < -0.39 is 17.1 Å².